The van der Waals surface area contributed by atoms with Gasteiger partial charge >= 0.3 is 17.9 Å². The molecule has 4 atom stereocenters. The number of rotatable bonds is 1. The van der Waals surface area contributed by atoms with E-state index in [0.717, 1.165) is 5.57 Å². The molecule has 0 aromatic rings. The summed E-state index contributed by atoms with van der Waals surface area (Å²) in [6.07, 6.45) is 2.74. The first kappa shape index (κ1) is 15.5. The highest BCUT2D eigenvalue weighted by Crippen LogP contribution is 2.39. The van der Waals surface area contributed by atoms with Crippen LogP contribution in [0.3, 0.4) is 0 Å². The molecule has 0 spiro atoms. The average molecular weight is 318 g/mol. The van der Waals surface area contributed by atoms with E-state index in [-0.39, 0.29) is 0 Å². The van der Waals surface area contributed by atoms with Crippen molar-refractivity contribution in [1.29, 1.82) is 0 Å². The van der Waals surface area contributed by atoms with Gasteiger partial charge in [-0.15, -0.1) is 0 Å². The highest BCUT2D eigenvalue weighted by molar-refractivity contribution is 5.94. The Balaban J connectivity index is 2.00. The molecule has 0 N–H and O–H groups in total. The Kier molecular flexibility index (Phi) is 3.83. The van der Waals surface area contributed by atoms with E-state index in [1.54, 1.807) is 6.08 Å². The molecule has 2 aliphatic heterocycles. The van der Waals surface area contributed by atoms with Gasteiger partial charge in [0, 0.05) is 25.3 Å². The van der Waals surface area contributed by atoms with Gasteiger partial charge in [-0.05, 0) is 13.0 Å². The first-order chi connectivity index (χ1) is 10.9. The molecular formula is C17H18O6. The van der Waals surface area contributed by atoms with Crippen molar-refractivity contribution in [3.05, 3.63) is 35.5 Å². The number of ether oxygens (including phenoxy) is 3. The van der Waals surface area contributed by atoms with Gasteiger partial charge in [-0.2, -0.15) is 0 Å². The summed E-state index contributed by atoms with van der Waals surface area (Å²) in [6, 6.07) is 0. The monoisotopic (exact) mass is 318 g/mol. The first-order valence-electron chi connectivity index (χ1n) is 7.52. The van der Waals surface area contributed by atoms with E-state index < -0.39 is 42.1 Å². The van der Waals surface area contributed by atoms with Gasteiger partial charge in [0.1, 0.15) is 18.3 Å². The van der Waals surface area contributed by atoms with Crippen LogP contribution < -0.4 is 0 Å². The summed E-state index contributed by atoms with van der Waals surface area (Å²) in [7, 11) is 0. The molecule has 3 rings (SSSR count). The molecule has 0 radical (unpaired) electrons. The summed E-state index contributed by atoms with van der Waals surface area (Å²) in [5.74, 6) is -1.86. The van der Waals surface area contributed by atoms with Crippen LogP contribution in [-0.4, -0.2) is 36.2 Å². The Morgan fingerprint density at radius 3 is 2.74 bits per heavy atom. The molecule has 4 unspecified atom stereocenters. The smallest absolute Gasteiger partial charge is 0.338 e. The largest absolute Gasteiger partial charge is 0.458 e. The topological polar surface area (TPSA) is 78.9 Å². The first-order valence-corrected chi connectivity index (χ1v) is 7.52. The Bertz CT molecular complexity index is 656. The summed E-state index contributed by atoms with van der Waals surface area (Å²) < 4.78 is 16.0. The summed E-state index contributed by atoms with van der Waals surface area (Å²) >= 11 is 0. The minimum Gasteiger partial charge on any atom is -0.458 e. The van der Waals surface area contributed by atoms with Crippen molar-refractivity contribution in [1.82, 2.24) is 0 Å². The van der Waals surface area contributed by atoms with E-state index in [1.807, 2.05) is 13.0 Å². The Morgan fingerprint density at radius 2 is 2.04 bits per heavy atom. The minimum absolute atomic E-state index is 0.307. The number of carbonyl (C=O) groups is 3. The van der Waals surface area contributed by atoms with Crippen molar-refractivity contribution >= 4 is 17.9 Å². The Hall–Kier alpha value is -2.37. The summed E-state index contributed by atoms with van der Waals surface area (Å²) in [5, 5.41) is 0. The van der Waals surface area contributed by atoms with E-state index in [1.165, 1.54) is 6.92 Å². The fourth-order valence-electron chi connectivity index (χ4n) is 3.26. The van der Waals surface area contributed by atoms with Crippen LogP contribution in [0.2, 0.25) is 0 Å². The molecule has 0 aromatic heterocycles. The molecule has 1 saturated heterocycles. The van der Waals surface area contributed by atoms with Gasteiger partial charge in [-0.1, -0.05) is 18.2 Å². The zero-order chi connectivity index (χ0) is 16.7. The highest BCUT2D eigenvalue weighted by atomic mass is 16.6. The minimum atomic E-state index is -0.678. The van der Waals surface area contributed by atoms with Crippen LogP contribution in [0.15, 0.2) is 35.5 Å². The molecule has 1 fully saturated rings. The summed E-state index contributed by atoms with van der Waals surface area (Å²) in [5.41, 5.74) is 1.61. The predicted octanol–water partition coefficient (Wildman–Crippen LogP) is 1.61. The zero-order valence-electron chi connectivity index (χ0n) is 13.0. The van der Waals surface area contributed by atoms with Crippen LogP contribution in [0, 0.1) is 5.92 Å². The second-order valence-electron chi connectivity index (χ2n) is 6.08. The SMILES string of the molecule is C=C1C(=O)OC2CC(C)=CCC(OC(C)=O)C3=CC(OC3=O)C12. The van der Waals surface area contributed by atoms with E-state index in [9.17, 15) is 14.4 Å². The van der Waals surface area contributed by atoms with Gasteiger partial charge in [0.05, 0.1) is 11.5 Å². The molecule has 0 aromatic carbocycles. The lowest BCUT2D eigenvalue weighted by molar-refractivity contribution is -0.147. The van der Waals surface area contributed by atoms with E-state index in [2.05, 4.69) is 6.58 Å². The third-order valence-electron chi connectivity index (χ3n) is 4.36. The maximum absolute atomic E-state index is 12.2. The van der Waals surface area contributed by atoms with Gasteiger partial charge in [-0.25, -0.2) is 9.59 Å². The van der Waals surface area contributed by atoms with E-state index >= 15 is 0 Å². The van der Waals surface area contributed by atoms with Crippen LogP contribution in [0.4, 0.5) is 0 Å². The number of esters is 3. The lowest BCUT2D eigenvalue weighted by atomic mass is 9.86. The summed E-state index contributed by atoms with van der Waals surface area (Å²) in [6.45, 7) is 6.99. The lowest BCUT2D eigenvalue weighted by Gasteiger charge is -2.22. The number of hydrogen-bond donors (Lipinski definition) is 0. The third kappa shape index (κ3) is 2.81. The molecule has 6 nitrogen and oxygen atoms in total. The molecule has 1 aliphatic carbocycles. The van der Waals surface area contributed by atoms with E-state index in [4.69, 9.17) is 14.2 Å². The Labute approximate surface area is 133 Å². The van der Waals surface area contributed by atoms with Crippen LogP contribution in [-0.2, 0) is 28.6 Å². The van der Waals surface area contributed by atoms with Crippen LogP contribution in [0.5, 0.6) is 0 Å². The molecule has 2 bridgehead atoms. The maximum Gasteiger partial charge on any atom is 0.338 e. The van der Waals surface area contributed by atoms with Crippen LogP contribution in [0.1, 0.15) is 26.7 Å². The number of fused-ring (bicyclic) bond motifs is 3. The van der Waals surface area contributed by atoms with Crippen molar-refractivity contribution in [2.45, 2.75) is 45.0 Å². The fourth-order valence-corrected chi connectivity index (χ4v) is 3.26. The third-order valence-corrected chi connectivity index (χ3v) is 4.36. The fraction of sp³-hybridized carbons (Fsp3) is 0.471. The molecule has 122 valence electrons. The summed E-state index contributed by atoms with van der Waals surface area (Å²) in [4.78, 5) is 35.3. The second kappa shape index (κ2) is 5.68. The molecule has 0 amide bonds. The molecule has 3 aliphatic rings. The highest BCUT2D eigenvalue weighted by Gasteiger charge is 2.48. The molecule has 2 heterocycles. The Morgan fingerprint density at radius 1 is 1.30 bits per heavy atom. The standard InChI is InChI=1S/C17H18O6/c1-8-4-5-12(21-10(3)18)11-7-14(23-17(11)20)15-9(2)16(19)22-13(15)6-8/h4,7,12-15H,2,5-6H2,1,3H3. The molecule has 23 heavy (non-hydrogen) atoms. The lowest BCUT2D eigenvalue weighted by Crippen LogP contribution is -2.29. The van der Waals surface area contributed by atoms with Gasteiger partial charge in [0.25, 0.3) is 0 Å². The van der Waals surface area contributed by atoms with E-state index in [0.29, 0.717) is 24.0 Å². The molecule has 0 saturated carbocycles. The van der Waals surface area contributed by atoms with Gasteiger partial charge in [0.15, 0.2) is 0 Å². The zero-order valence-corrected chi connectivity index (χ0v) is 13.0. The van der Waals surface area contributed by atoms with Gasteiger partial charge in [0.2, 0.25) is 0 Å². The normalized spacial score (nSPS) is 33.2. The predicted molar refractivity (Wildman–Crippen MR) is 79.0 cm³/mol. The van der Waals surface area contributed by atoms with Crippen LogP contribution >= 0.6 is 0 Å². The second-order valence-corrected chi connectivity index (χ2v) is 6.08. The average Bonchev–Trinajstić information content (AvgIpc) is 2.95. The number of hydrogen-bond acceptors (Lipinski definition) is 6. The van der Waals surface area contributed by atoms with Gasteiger partial charge in [-0.3, -0.25) is 4.79 Å². The molecular weight excluding hydrogens is 300 g/mol. The van der Waals surface area contributed by atoms with Crippen molar-refractivity contribution in [2.24, 2.45) is 5.92 Å². The van der Waals surface area contributed by atoms with Crippen molar-refractivity contribution < 1.29 is 28.6 Å². The quantitative estimate of drug-likeness (QED) is 0.316. The van der Waals surface area contributed by atoms with Crippen molar-refractivity contribution in [2.75, 3.05) is 0 Å². The molecule has 6 heteroatoms. The van der Waals surface area contributed by atoms with Crippen molar-refractivity contribution in [3.8, 4) is 0 Å². The van der Waals surface area contributed by atoms with Crippen LogP contribution in [0.25, 0.3) is 0 Å². The number of carbonyl (C=O) groups excluding carboxylic acids is 3. The maximum atomic E-state index is 12.2. The van der Waals surface area contributed by atoms with Crippen molar-refractivity contribution in [3.63, 3.8) is 0 Å². The van der Waals surface area contributed by atoms with Gasteiger partial charge < -0.3 is 14.2 Å².